The predicted octanol–water partition coefficient (Wildman–Crippen LogP) is 3.55. The van der Waals surface area contributed by atoms with Crippen LogP contribution in [0.5, 0.6) is 0 Å². The van der Waals surface area contributed by atoms with E-state index in [2.05, 4.69) is 6.92 Å². The van der Waals surface area contributed by atoms with Gasteiger partial charge in [-0.2, -0.15) is 0 Å². The van der Waals surface area contributed by atoms with Crippen LogP contribution in [0.1, 0.15) is 26.2 Å². The average Bonchev–Trinajstić information content (AvgIpc) is 2.73. The van der Waals surface area contributed by atoms with Crippen molar-refractivity contribution < 1.29 is 0 Å². The van der Waals surface area contributed by atoms with E-state index in [1.807, 2.05) is 0 Å². The van der Waals surface area contributed by atoms with Crippen LogP contribution in [-0.2, 0) is 0 Å². The minimum Gasteiger partial charge on any atom is -0.119 e. The molecular weight excluding hydrogens is 202 g/mol. The Labute approximate surface area is 82.2 Å². The van der Waals surface area contributed by atoms with Gasteiger partial charge in [0.15, 0.2) is 0 Å². The topological polar surface area (TPSA) is 0 Å². The first-order valence-electron chi connectivity index (χ1n) is 3.86. The van der Waals surface area contributed by atoms with E-state index in [0.717, 1.165) is 19.3 Å². The summed E-state index contributed by atoms with van der Waals surface area (Å²) in [7, 11) is 0. The van der Waals surface area contributed by atoms with E-state index in [1.165, 1.54) is 5.92 Å². The first-order valence-corrected chi connectivity index (χ1v) is 5.00. The van der Waals surface area contributed by atoms with Gasteiger partial charge >= 0.3 is 0 Å². The van der Waals surface area contributed by atoms with Gasteiger partial charge in [-0.15, -0.1) is 34.8 Å². The SMILES string of the molecule is C[C](C1CC1(Cl)Cl)C1(Cl)CC1. The maximum atomic E-state index is 6.20. The summed E-state index contributed by atoms with van der Waals surface area (Å²) in [4.78, 5) is -0.0316. The standard InChI is InChI=1S/C8H10Cl3/c1-5(7(9)2-3-7)6-4-8(6,10)11/h6H,2-4H2,1H3. The number of rotatable bonds is 2. The molecule has 0 heterocycles. The second-order valence-corrected chi connectivity index (χ2v) is 5.93. The van der Waals surface area contributed by atoms with Crippen molar-refractivity contribution in [2.45, 2.75) is 35.4 Å². The summed E-state index contributed by atoms with van der Waals surface area (Å²) in [6, 6.07) is 0. The highest BCUT2D eigenvalue weighted by atomic mass is 35.5. The lowest BCUT2D eigenvalue weighted by molar-refractivity contribution is 0.726. The van der Waals surface area contributed by atoms with Crippen LogP contribution in [0.25, 0.3) is 0 Å². The molecule has 0 amide bonds. The number of hydrogen-bond acceptors (Lipinski definition) is 0. The van der Waals surface area contributed by atoms with Gasteiger partial charge in [-0.05, 0) is 25.2 Å². The lowest BCUT2D eigenvalue weighted by Gasteiger charge is -2.15. The van der Waals surface area contributed by atoms with Gasteiger partial charge in [-0.1, -0.05) is 6.92 Å². The number of halogens is 3. The first kappa shape index (κ1) is 8.47. The van der Waals surface area contributed by atoms with E-state index in [0.29, 0.717) is 5.92 Å². The van der Waals surface area contributed by atoms with Crippen LogP contribution in [-0.4, -0.2) is 9.21 Å². The molecule has 0 aromatic carbocycles. The highest BCUT2D eigenvalue weighted by molar-refractivity contribution is 6.51. The van der Waals surface area contributed by atoms with Crippen LogP contribution < -0.4 is 0 Å². The van der Waals surface area contributed by atoms with Crippen LogP contribution in [0, 0.1) is 11.8 Å². The normalized spacial score (nSPS) is 37.4. The Kier molecular flexibility index (Phi) is 1.70. The fraction of sp³-hybridized carbons (Fsp3) is 0.875. The van der Waals surface area contributed by atoms with Gasteiger partial charge < -0.3 is 0 Å². The van der Waals surface area contributed by atoms with Crippen LogP contribution in [0.4, 0.5) is 0 Å². The molecule has 0 spiro atoms. The van der Waals surface area contributed by atoms with Gasteiger partial charge in [0.1, 0.15) is 4.33 Å². The van der Waals surface area contributed by atoms with E-state index in [-0.39, 0.29) is 4.87 Å². The van der Waals surface area contributed by atoms with Crippen LogP contribution >= 0.6 is 34.8 Å². The van der Waals surface area contributed by atoms with Gasteiger partial charge in [0.05, 0.1) is 4.87 Å². The monoisotopic (exact) mass is 211 g/mol. The highest BCUT2D eigenvalue weighted by Crippen LogP contribution is 2.65. The van der Waals surface area contributed by atoms with Crippen molar-refractivity contribution in [1.82, 2.24) is 0 Å². The molecule has 0 aliphatic heterocycles. The Balaban J connectivity index is 1.97. The molecule has 2 aliphatic carbocycles. The fourth-order valence-corrected chi connectivity index (χ4v) is 2.36. The Morgan fingerprint density at radius 2 is 1.73 bits per heavy atom. The largest absolute Gasteiger partial charge is 0.122 e. The Morgan fingerprint density at radius 3 is 2.00 bits per heavy atom. The highest BCUT2D eigenvalue weighted by Gasteiger charge is 2.61. The lowest BCUT2D eigenvalue weighted by atomic mass is 10.0. The maximum absolute atomic E-state index is 6.20. The van der Waals surface area contributed by atoms with E-state index < -0.39 is 4.33 Å². The van der Waals surface area contributed by atoms with E-state index in [4.69, 9.17) is 34.8 Å². The second-order valence-electron chi connectivity index (χ2n) is 3.67. The molecule has 1 atom stereocenters. The predicted molar refractivity (Wildman–Crippen MR) is 49.3 cm³/mol. The minimum absolute atomic E-state index is 0.0316. The summed E-state index contributed by atoms with van der Waals surface area (Å²) in [5.41, 5.74) is 0. The van der Waals surface area contributed by atoms with E-state index >= 15 is 0 Å². The van der Waals surface area contributed by atoms with E-state index in [9.17, 15) is 0 Å². The fourth-order valence-electron chi connectivity index (χ4n) is 1.50. The van der Waals surface area contributed by atoms with Crippen molar-refractivity contribution in [3.8, 4) is 0 Å². The van der Waals surface area contributed by atoms with Crippen LogP contribution in [0.2, 0.25) is 0 Å². The third kappa shape index (κ3) is 1.38. The first-order chi connectivity index (χ1) is 4.96. The van der Waals surface area contributed by atoms with Crippen molar-refractivity contribution in [3.63, 3.8) is 0 Å². The molecule has 1 radical (unpaired) electrons. The summed E-state index contributed by atoms with van der Waals surface area (Å²) >= 11 is 18.0. The second kappa shape index (κ2) is 2.21. The van der Waals surface area contributed by atoms with Crippen molar-refractivity contribution in [3.05, 3.63) is 5.92 Å². The molecule has 2 rings (SSSR count). The van der Waals surface area contributed by atoms with Crippen molar-refractivity contribution >= 4 is 34.8 Å². The molecule has 0 aromatic heterocycles. The number of hydrogen-bond donors (Lipinski definition) is 0. The summed E-state index contributed by atoms with van der Waals surface area (Å²) in [5, 5.41) is 0. The summed E-state index contributed by atoms with van der Waals surface area (Å²) < 4.78 is -0.492. The number of alkyl halides is 3. The van der Waals surface area contributed by atoms with Crippen molar-refractivity contribution in [2.75, 3.05) is 0 Å². The van der Waals surface area contributed by atoms with Gasteiger partial charge in [0, 0.05) is 5.92 Å². The Hall–Kier alpha value is 0.870. The third-order valence-corrected chi connectivity index (χ3v) is 4.26. The molecular formula is C8H10Cl3. The summed E-state index contributed by atoms with van der Waals surface area (Å²) in [5.74, 6) is 1.65. The zero-order chi connectivity index (χ0) is 8.28. The van der Waals surface area contributed by atoms with Crippen LogP contribution in [0.3, 0.4) is 0 Å². The van der Waals surface area contributed by atoms with Crippen molar-refractivity contribution in [2.24, 2.45) is 5.92 Å². The smallest absolute Gasteiger partial charge is 0.119 e. The third-order valence-electron chi connectivity index (χ3n) is 2.74. The van der Waals surface area contributed by atoms with Gasteiger partial charge in [-0.3, -0.25) is 0 Å². The molecule has 2 fully saturated rings. The van der Waals surface area contributed by atoms with Gasteiger partial charge in [0.2, 0.25) is 0 Å². The molecule has 2 saturated carbocycles. The van der Waals surface area contributed by atoms with Crippen molar-refractivity contribution in [1.29, 1.82) is 0 Å². The molecule has 0 N–H and O–H groups in total. The maximum Gasteiger partial charge on any atom is 0.122 e. The van der Waals surface area contributed by atoms with E-state index in [1.54, 1.807) is 0 Å². The molecule has 2 aliphatic rings. The van der Waals surface area contributed by atoms with Crippen LogP contribution in [0.15, 0.2) is 0 Å². The van der Waals surface area contributed by atoms with Gasteiger partial charge in [0.25, 0.3) is 0 Å². The Morgan fingerprint density at radius 1 is 1.27 bits per heavy atom. The molecule has 63 valence electrons. The molecule has 0 saturated heterocycles. The Bertz CT molecular complexity index is 184. The molecule has 1 unspecified atom stereocenters. The molecule has 11 heavy (non-hydrogen) atoms. The zero-order valence-corrected chi connectivity index (χ0v) is 8.60. The average molecular weight is 213 g/mol. The zero-order valence-electron chi connectivity index (χ0n) is 6.33. The lowest BCUT2D eigenvalue weighted by Crippen LogP contribution is -2.14. The quantitative estimate of drug-likeness (QED) is 0.614. The molecule has 0 aromatic rings. The molecule has 3 heteroatoms. The minimum atomic E-state index is -0.492. The summed E-state index contributed by atoms with van der Waals surface area (Å²) in [6.45, 7) is 2.08. The summed E-state index contributed by atoms with van der Waals surface area (Å²) in [6.07, 6.45) is 3.08. The molecule has 0 bridgehead atoms. The van der Waals surface area contributed by atoms with Gasteiger partial charge in [-0.25, -0.2) is 0 Å². The molecule has 0 nitrogen and oxygen atoms in total.